The summed E-state index contributed by atoms with van der Waals surface area (Å²) < 4.78 is 5.16. The Morgan fingerprint density at radius 2 is 2.35 bits per heavy atom. The number of nitrogens with zero attached hydrogens (tertiary/aromatic N) is 1. The van der Waals surface area contributed by atoms with Crippen LogP contribution in [-0.4, -0.2) is 31.8 Å². The highest BCUT2D eigenvalue weighted by Gasteiger charge is 2.41. The van der Waals surface area contributed by atoms with Crippen LogP contribution in [0.5, 0.6) is 0 Å². The second-order valence-corrected chi connectivity index (χ2v) is 5.97. The molecular weight excluding hydrogens is 232 g/mol. The Morgan fingerprint density at radius 3 is 2.94 bits per heavy atom. The van der Waals surface area contributed by atoms with Crippen molar-refractivity contribution in [1.82, 2.24) is 10.3 Å². The fourth-order valence-electron chi connectivity index (χ4n) is 2.13. The molecule has 17 heavy (non-hydrogen) atoms. The molecule has 1 aliphatic rings. The fraction of sp³-hybridized carbons (Fsp3) is 0.769. The van der Waals surface area contributed by atoms with Gasteiger partial charge in [-0.25, -0.2) is 4.98 Å². The van der Waals surface area contributed by atoms with E-state index in [1.54, 1.807) is 18.4 Å². The Balaban J connectivity index is 1.62. The van der Waals surface area contributed by atoms with Crippen molar-refractivity contribution in [3.8, 4) is 0 Å². The maximum Gasteiger partial charge on any atom is 0.0797 e. The molecule has 1 aromatic heterocycles. The van der Waals surface area contributed by atoms with Crippen LogP contribution in [0, 0.1) is 12.3 Å². The average Bonchev–Trinajstić information content (AvgIpc) is 2.99. The Bertz CT molecular complexity index is 347. The maximum absolute atomic E-state index is 5.16. The molecule has 0 saturated heterocycles. The highest BCUT2D eigenvalue weighted by molar-refractivity contribution is 7.09. The molecule has 3 nitrogen and oxygen atoms in total. The van der Waals surface area contributed by atoms with Gasteiger partial charge in [-0.3, -0.25) is 0 Å². The monoisotopic (exact) mass is 254 g/mol. The van der Waals surface area contributed by atoms with Gasteiger partial charge in [-0.15, -0.1) is 11.3 Å². The van der Waals surface area contributed by atoms with E-state index in [4.69, 9.17) is 4.74 Å². The SMILES string of the molecule is COCCC1(CNCCc2scnc2C)CC1. The van der Waals surface area contributed by atoms with Crippen molar-refractivity contribution in [2.45, 2.75) is 32.6 Å². The Morgan fingerprint density at radius 1 is 1.53 bits per heavy atom. The van der Waals surface area contributed by atoms with E-state index in [0.29, 0.717) is 5.41 Å². The molecule has 1 saturated carbocycles. The zero-order valence-electron chi connectivity index (χ0n) is 10.8. The lowest BCUT2D eigenvalue weighted by Gasteiger charge is -2.15. The molecule has 1 aliphatic carbocycles. The summed E-state index contributed by atoms with van der Waals surface area (Å²) >= 11 is 1.77. The molecule has 96 valence electrons. The summed E-state index contributed by atoms with van der Waals surface area (Å²) in [4.78, 5) is 5.69. The van der Waals surface area contributed by atoms with E-state index in [0.717, 1.165) is 26.1 Å². The lowest BCUT2D eigenvalue weighted by atomic mass is 10.0. The van der Waals surface area contributed by atoms with Gasteiger partial charge in [0.25, 0.3) is 0 Å². The van der Waals surface area contributed by atoms with E-state index in [1.165, 1.54) is 29.8 Å². The third-order valence-electron chi connectivity index (χ3n) is 3.67. The van der Waals surface area contributed by atoms with E-state index < -0.39 is 0 Å². The fourth-order valence-corrected chi connectivity index (χ4v) is 2.91. The minimum Gasteiger partial charge on any atom is -0.385 e. The summed E-state index contributed by atoms with van der Waals surface area (Å²) in [5, 5.41) is 3.59. The highest BCUT2D eigenvalue weighted by atomic mass is 32.1. The molecule has 0 bridgehead atoms. The number of nitrogens with one attached hydrogen (secondary N) is 1. The summed E-state index contributed by atoms with van der Waals surface area (Å²) in [6.07, 6.45) is 5.04. The molecule has 1 fully saturated rings. The van der Waals surface area contributed by atoms with Crippen molar-refractivity contribution < 1.29 is 4.74 Å². The first-order chi connectivity index (χ1) is 8.26. The molecule has 0 radical (unpaired) electrons. The topological polar surface area (TPSA) is 34.1 Å². The van der Waals surface area contributed by atoms with Crippen LogP contribution in [0.15, 0.2) is 5.51 Å². The van der Waals surface area contributed by atoms with Crippen LogP contribution in [0.25, 0.3) is 0 Å². The quantitative estimate of drug-likeness (QED) is 0.723. The molecule has 0 aromatic carbocycles. The Labute approximate surface area is 108 Å². The van der Waals surface area contributed by atoms with Gasteiger partial charge in [0.15, 0.2) is 0 Å². The van der Waals surface area contributed by atoms with Gasteiger partial charge in [0, 0.05) is 31.7 Å². The molecule has 0 aliphatic heterocycles. The molecule has 0 amide bonds. The minimum absolute atomic E-state index is 0.554. The second-order valence-electron chi connectivity index (χ2n) is 5.03. The molecule has 1 heterocycles. The van der Waals surface area contributed by atoms with Crippen molar-refractivity contribution >= 4 is 11.3 Å². The van der Waals surface area contributed by atoms with Crippen molar-refractivity contribution in [3.05, 3.63) is 16.1 Å². The first-order valence-electron chi connectivity index (χ1n) is 6.34. The average molecular weight is 254 g/mol. The summed E-state index contributed by atoms with van der Waals surface area (Å²) in [6.45, 7) is 5.20. The van der Waals surface area contributed by atoms with Gasteiger partial charge >= 0.3 is 0 Å². The van der Waals surface area contributed by atoms with E-state index in [9.17, 15) is 0 Å². The molecule has 2 rings (SSSR count). The van der Waals surface area contributed by atoms with Crippen molar-refractivity contribution in [2.24, 2.45) is 5.41 Å². The van der Waals surface area contributed by atoms with E-state index in [2.05, 4.69) is 17.2 Å². The van der Waals surface area contributed by atoms with Crippen molar-refractivity contribution in [2.75, 3.05) is 26.8 Å². The predicted molar refractivity (Wildman–Crippen MR) is 71.6 cm³/mol. The minimum atomic E-state index is 0.554. The summed E-state index contributed by atoms with van der Waals surface area (Å²) in [6, 6.07) is 0. The van der Waals surface area contributed by atoms with Gasteiger partial charge in [0.2, 0.25) is 0 Å². The summed E-state index contributed by atoms with van der Waals surface area (Å²) in [7, 11) is 1.79. The molecule has 0 atom stereocenters. The first-order valence-corrected chi connectivity index (χ1v) is 7.22. The number of hydrogen-bond acceptors (Lipinski definition) is 4. The third-order valence-corrected chi connectivity index (χ3v) is 4.66. The smallest absolute Gasteiger partial charge is 0.0797 e. The van der Waals surface area contributed by atoms with Gasteiger partial charge in [0.1, 0.15) is 0 Å². The summed E-state index contributed by atoms with van der Waals surface area (Å²) in [5.41, 5.74) is 3.68. The van der Waals surface area contributed by atoms with Crippen LogP contribution in [0.4, 0.5) is 0 Å². The lowest BCUT2D eigenvalue weighted by Crippen LogP contribution is -2.26. The lowest BCUT2D eigenvalue weighted by molar-refractivity contribution is 0.171. The number of methoxy groups -OCH3 is 1. The van der Waals surface area contributed by atoms with Crippen LogP contribution in [-0.2, 0) is 11.2 Å². The predicted octanol–water partition coefficient (Wildman–Crippen LogP) is 2.40. The summed E-state index contributed by atoms with van der Waals surface area (Å²) in [5.74, 6) is 0. The van der Waals surface area contributed by atoms with Gasteiger partial charge in [-0.1, -0.05) is 0 Å². The van der Waals surface area contributed by atoms with Crippen molar-refractivity contribution in [1.29, 1.82) is 0 Å². The largest absolute Gasteiger partial charge is 0.385 e. The molecular formula is C13H22N2OS. The molecule has 0 spiro atoms. The van der Waals surface area contributed by atoms with Crippen LogP contribution in [0.3, 0.4) is 0 Å². The zero-order chi connectivity index (χ0) is 12.1. The Kier molecular flexibility index (Phi) is 4.54. The molecule has 1 N–H and O–H groups in total. The number of thiazole rings is 1. The number of aromatic nitrogens is 1. The van der Waals surface area contributed by atoms with E-state index >= 15 is 0 Å². The Hall–Kier alpha value is -0.450. The molecule has 1 aromatic rings. The highest BCUT2D eigenvalue weighted by Crippen LogP contribution is 2.48. The standard InChI is InChI=1S/C13H22N2OS/c1-11-12(17-10-15-11)3-7-14-9-13(4-5-13)6-8-16-2/h10,14H,3-9H2,1-2H3. The number of ether oxygens (including phenoxy) is 1. The molecule has 0 unspecified atom stereocenters. The zero-order valence-corrected chi connectivity index (χ0v) is 11.6. The van der Waals surface area contributed by atoms with Crippen LogP contribution in [0.2, 0.25) is 0 Å². The van der Waals surface area contributed by atoms with E-state index in [1.807, 2.05) is 5.51 Å². The molecule has 4 heteroatoms. The van der Waals surface area contributed by atoms with Gasteiger partial charge in [0.05, 0.1) is 11.2 Å². The van der Waals surface area contributed by atoms with Crippen LogP contribution in [0.1, 0.15) is 29.8 Å². The van der Waals surface area contributed by atoms with Crippen molar-refractivity contribution in [3.63, 3.8) is 0 Å². The van der Waals surface area contributed by atoms with Gasteiger partial charge in [-0.2, -0.15) is 0 Å². The van der Waals surface area contributed by atoms with Gasteiger partial charge in [-0.05, 0) is 38.0 Å². The van der Waals surface area contributed by atoms with Crippen LogP contribution < -0.4 is 5.32 Å². The normalized spacial score (nSPS) is 17.3. The van der Waals surface area contributed by atoms with Gasteiger partial charge < -0.3 is 10.1 Å². The number of rotatable bonds is 8. The van der Waals surface area contributed by atoms with E-state index in [-0.39, 0.29) is 0 Å². The number of hydrogen-bond donors (Lipinski definition) is 1. The second kappa shape index (κ2) is 5.94. The third kappa shape index (κ3) is 3.76. The van der Waals surface area contributed by atoms with Crippen LogP contribution >= 0.6 is 11.3 Å². The maximum atomic E-state index is 5.16. The number of aryl methyl sites for hydroxylation is 1. The first kappa shape index (κ1) is 13.0.